The monoisotopic (exact) mass is 310 g/mol. The lowest BCUT2D eigenvalue weighted by Crippen LogP contribution is -2.30. The van der Waals surface area contributed by atoms with Crippen molar-refractivity contribution in [2.45, 2.75) is 12.6 Å². The molecule has 2 aromatic rings. The summed E-state index contributed by atoms with van der Waals surface area (Å²) in [6, 6.07) is 7.83. The Balaban J connectivity index is 2.27. The SMILES string of the molecule is COc1cccc(Cl)c1C(CN)N(C)Cc1ccsc1. The zero-order valence-electron chi connectivity index (χ0n) is 11.7. The maximum atomic E-state index is 6.35. The lowest BCUT2D eigenvalue weighted by atomic mass is 10.0. The Morgan fingerprint density at radius 3 is 2.80 bits per heavy atom. The molecule has 0 fully saturated rings. The van der Waals surface area contributed by atoms with Crippen LogP contribution in [-0.4, -0.2) is 25.6 Å². The van der Waals surface area contributed by atoms with Crippen LogP contribution in [0.15, 0.2) is 35.0 Å². The molecule has 0 spiro atoms. The average Bonchev–Trinajstić information content (AvgIpc) is 2.94. The lowest BCUT2D eigenvalue weighted by molar-refractivity contribution is 0.236. The van der Waals surface area contributed by atoms with Gasteiger partial charge >= 0.3 is 0 Å². The highest BCUT2D eigenvalue weighted by atomic mass is 35.5. The van der Waals surface area contributed by atoms with Gasteiger partial charge in [-0.1, -0.05) is 17.7 Å². The number of nitrogens with zero attached hydrogens (tertiary/aromatic N) is 1. The third-order valence-corrected chi connectivity index (χ3v) is 4.40. The normalized spacial score (nSPS) is 12.7. The summed E-state index contributed by atoms with van der Waals surface area (Å²) in [5, 5.41) is 4.92. The fraction of sp³-hybridized carbons (Fsp3) is 0.333. The van der Waals surface area contributed by atoms with Gasteiger partial charge in [0.25, 0.3) is 0 Å². The molecular formula is C15H19ClN2OS. The number of ether oxygens (including phenoxy) is 1. The Hall–Kier alpha value is -1.07. The van der Waals surface area contributed by atoms with E-state index in [0.29, 0.717) is 11.6 Å². The maximum Gasteiger partial charge on any atom is 0.125 e. The highest BCUT2D eigenvalue weighted by molar-refractivity contribution is 7.07. The lowest BCUT2D eigenvalue weighted by Gasteiger charge is -2.29. The molecule has 0 aliphatic carbocycles. The van der Waals surface area contributed by atoms with Crippen LogP contribution in [0.3, 0.4) is 0 Å². The molecule has 1 aromatic heterocycles. The van der Waals surface area contributed by atoms with Crippen LogP contribution in [0.4, 0.5) is 0 Å². The van der Waals surface area contributed by atoms with Crippen LogP contribution in [0, 0.1) is 0 Å². The second kappa shape index (κ2) is 7.09. The van der Waals surface area contributed by atoms with Crippen LogP contribution in [-0.2, 0) is 6.54 Å². The van der Waals surface area contributed by atoms with Gasteiger partial charge in [-0.25, -0.2) is 0 Å². The molecule has 0 bridgehead atoms. The Labute approximate surface area is 128 Å². The average molecular weight is 311 g/mol. The van der Waals surface area contributed by atoms with Gasteiger partial charge in [0, 0.05) is 23.7 Å². The van der Waals surface area contributed by atoms with E-state index >= 15 is 0 Å². The van der Waals surface area contributed by atoms with E-state index in [1.807, 2.05) is 18.2 Å². The number of methoxy groups -OCH3 is 1. The number of likely N-dealkylation sites (N-methyl/N-ethyl adjacent to an activating group) is 1. The highest BCUT2D eigenvalue weighted by Gasteiger charge is 2.22. The standard InChI is InChI=1S/C15H19ClN2OS/c1-18(9-11-6-7-20-10-11)13(8-17)15-12(16)4-3-5-14(15)19-2/h3-7,10,13H,8-9,17H2,1-2H3. The van der Waals surface area contributed by atoms with Crippen LogP contribution in [0.25, 0.3) is 0 Å². The molecule has 2 rings (SSSR count). The summed E-state index contributed by atoms with van der Waals surface area (Å²) in [5.41, 5.74) is 8.21. The van der Waals surface area contributed by atoms with Crippen molar-refractivity contribution in [3.8, 4) is 5.75 Å². The van der Waals surface area contributed by atoms with Crippen molar-refractivity contribution in [1.29, 1.82) is 0 Å². The van der Waals surface area contributed by atoms with Gasteiger partial charge in [0.2, 0.25) is 0 Å². The molecule has 0 aliphatic heterocycles. The van der Waals surface area contributed by atoms with E-state index in [1.54, 1.807) is 18.4 Å². The third kappa shape index (κ3) is 3.33. The first-order valence-electron chi connectivity index (χ1n) is 6.41. The molecule has 1 heterocycles. The predicted octanol–water partition coefficient (Wildman–Crippen LogP) is 3.54. The van der Waals surface area contributed by atoms with E-state index < -0.39 is 0 Å². The van der Waals surface area contributed by atoms with Crippen molar-refractivity contribution in [2.75, 3.05) is 20.7 Å². The molecule has 1 unspecified atom stereocenters. The molecule has 0 radical (unpaired) electrons. The van der Waals surface area contributed by atoms with Gasteiger partial charge in [0.1, 0.15) is 5.75 Å². The molecule has 2 N–H and O–H groups in total. The summed E-state index contributed by atoms with van der Waals surface area (Å²) in [4.78, 5) is 2.20. The van der Waals surface area contributed by atoms with Gasteiger partial charge in [0.15, 0.2) is 0 Å². The van der Waals surface area contributed by atoms with Gasteiger partial charge in [-0.2, -0.15) is 11.3 Å². The fourth-order valence-electron chi connectivity index (χ4n) is 2.32. The molecular weight excluding hydrogens is 292 g/mol. The van der Waals surface area contributed by atoms with Crippen molar-refractivity contribution >= 4 is 22.9 Å². The second-order valence-electron chi connectivity index (χ2n) is 4.65. The number of hydrogen-bond acceptors (Lipinski definition) is 4. The number of benzene rings is 1. The quantitative estimate of drug-likeness (QED) is 0.887. The zero-order chi connectivity index (χ0) is 14.5. The first kappa shape index (κ1) is 15.3. The Morgan fingerprint density at radius 1 is 1.40 bits per heavy atom. The highest BCUT2D eigenvalue weighted by Crippen LogP contribution is 2.34. The molecule has 1 aromatic carbocycles. The van der Waals surface area contributed by atoms with Crippen molar-refractivity contribution in [3.05, 3.63) is 51.2 Å². The Bertz CT molecular complexity index is 545. The summed E-state index contributed by atoms with van der Waals surface area (Å²) in [7, 11) is 3.71. The summed E-state index contributed by atoms with van der Waals surface area (Å²) in [6.07, 6.45) is 0. The Kier molecular flexibility index (Phi) is 5.43. The van der Waals surface area contributed by atoms with Crippen LogP contribution in [0.1, 0.15) is 17.2 Å². The van der Waals surface area contributed by atoms with E-state index in [9.17, 15) is 0 Å². The molecule has 0 saturated carbocycles. The minimum absolute atomic E-state index is 0.0264. The van der Waals surface area contributed by atoms with Crippen molar-refractivity contribution in [3.63, 3.8) is 0 Å². The van der Waals surface area contributed by atoms with Crippen LogP contribution >= 0.6 is 22.9 Å². The second-order valence-corrected chi connectivity index (χ2v) is 5.84. The summed E-state index contributed by atoms with van der Waals surface area (Å²) < 4.78 is 5.43. The molecule has 1 atom stereocenters. The van der Waals surface area contributed by atoms with Crippen LogP contribution < -0.4 is 10.5 Å². The van der Waals surface area contributed by atoms with Crippen molar-refractivity contribution < 1.29 is 4.74 Å². The number of nitrogens with two attached hydrogens (primary N) is 1. The number of rotatable bonds is 6. The smallest absolute Gasteiger partial charge is 0.125 e. The van der Waals surface area contributed by atoms with Gasteiger partial charge in [-0.05, 0) is 41.6 Å². The van der Waals surface area contributed by atoms with Crippen molar-refractivity contribution in [2.24, 2.45) is 5.73 Å². The molecule has 5 heteroatoms. The minimum atomic E-state index is 0.0264. The molecule has 0 amide bonds. The van der Waals surface area contributed by atoms with Gasteiger partial charge in [-0.3, -0.25) is 4.90 Å². The zero-order valence-corrected chi connectivity index (χ0v) is 13.2. The van der Waals surface area contributed by atoms with Gasteiger partial charge < -0.3 is 10.5 Å². The van der Waals surface area contributed by atoms with Crippen LogP contribution in [0.2, 0.25) is 5.02 Å². The first-order valence-corrected chi connectivity index (χ1v) is 7.73. The van der Waals surface area contributed by atoms with Crippen molar-refractivity contribution in [1.82, 2.24) is 4.90 Å². The largest absolute Gasteiger partial charge is 0.496 e. The van der Waals surface area contributed by atoms with Gasteiger partial charge in [-0.15, -0.1) is 0 Å². The number of halogens is 1. The van der Waals surface area contributed by atoms with E-state index in [2.05, 4.69) is 28.8 Å². The fourth-order valence-corrected chi connectivity index (χ4v) is 3.27. The van der Waals surface area contributed by atoms with Crippen LogP contribution in [0.5, 0.6) is 5.75 Å². The summed E-state index contributed by atoms with van der Waals surface area (Å²) in [5.74, 6) is 0.783. The third-order valence-electron chi connectivity index (χ3n) is 3.33. The maximum absolute atomic E-state index is 6.35. The number of hydrogen-bond donors (Lipinski definition) is 1. The van der Waals surface area contributed by atoms with E-state index in [1.165, 1.54) is 5.56 Å². The molecule has 20 heavy (non-hydrogen) atoms. The molecule has 108 valence electrons. The topological polar surface area (TPSA) is 38.5 Å². The summed E-state index contributed by atoms with van der Waals surface area (Å²) >= 11 is 8.05. The van der Waals surface area contributed by atoms with E-state index in [4.69, 9.17) is 22.1 Å². The molecule has 0 saturated heterocycles. The molecule has 3 nitrogen and oxygen atoms in total. The van der Waals surface area contributed by atoms with E-state index in [0.717, 1.165) is 17.9 Å². The first-order chi connectivity index (χ1) is 9.67. The number of thiophene rings is 1. The Morgan fingerprint density at radius 2 is 2.20 bits per heavy atom. The summed E-state index contributed by atoms with van der Waals surface area (Å²) in [6.45, 7) is 1.32. The van der Waals surface area contributed by atoms with E-state index in [-0.39, 0.29) is 6.04 Å². The minimum Gasteiger partial charge on any atom is -0.496 e. The van der Waals surface area contributed by atoms with Gasteiger partial charge in [0.05, 0.1) is 13.2 Å². The molecule has 0 aliphatic rings. The predicted molar refractivity (Wildman–Crippen MR) is 85.6 cm³/mol.